The number of rotatable bonds is 3. The average molecular weight is 337 g/mol. The normalized spacial score (nSPS) is 14.2. The van der Waals surface area contributed by atoms with Crippen molar-refractivity contribution in [1.82, 2.24) is 9.88 Å². The zero-order chi connectivity index (χ0) is 16.4. The van der Waals surface area contributed by atoms with E-state index in [0.29, 0.717) is 0 Å². The third kappa shape index (κ3) is 3.12. The Labute approximate surface area is 148 Å². The molecule has 0 fully saturated rings. The van der Waals surface area contributed by atoms with Gasteiger partial charge < -0.3 is 9.88 Å². The van der Waals surface area contributed by atoms with E-state index in [4.69, 9.17) is 11.6 Å². The van der Waals surface area contributed by atoms with Crippen molar-refractivity contribution >= 4 is 11.6 Å². The second-order valence-electron chi connectivity index (χ2n) is 6.37. The molecule has 0 radical (unpaired) electrons. The summed E-state index contributed by atoms with van der Waals surface area (Å²) in [6.07, 6.45) is 4.60. The van der Waals surface area contributed by atoms with E-state index in [1.165, 1.54) is 34.4 Å². The molecule has 3 aromatic rings. The van der Waals surface area contributed by atoms with Crippen LogP contribution in [0.5, 0.6) is 0 Å². The third-order valence-corrected chi connectivity index (χ3v) is 4.94. The van der Waals surface area contributed by atoms with Crippen molar-refractivity contribution in [3.8, 4) is 11.1 Å². The molecule has 122 valence electrons. The Morgan fingerprint density at radius 1 is 1.04 bits per heavy atom. The summed E-state index contributed by atoms with van der Waals surface area (Å²) < 4.78 is 2.40. The van der Waals surface area contributed by atoms with Crippen LogP contribution in [0.3, 0.4) is 0 Å². The van der Waals surface area contributed by atoms with E-state index in [9.17, 15) is 0 Å². The lowest BCUT2D eigenvalue weighted by Crippen LogP contribution is -2.15. The van der Waals surface area contributed by atoms with Crippen molar-refractivity contribution in [2.75, 3.05) is 6.54 Å². The van der Waals surface area contributed by atoms with E-state index in [-0.39, 0.29) is 0 Å². The van der Waals surface area contributed by atoms with Gasteiger partial charge in [0, 0.05) is 35.6 Å². The molecule has 1 aliphatic heterocycles. The van der Waals surface area contributed by atoms with E-state index < -0.39 is 0 Å². The minimum absolute atomic E-state index is 0.795. The van der Waals surface area contributed by atoms with Gasteiger partial charge in [-0.3, -0.25) is 0 Å². The van der Waals surface area contributed by atoms with Crippen LogP contribution in [-0.4, -0.2) is 11.1 Å². The number of nitrogens with one attached hydrogen (secondary N) is 1. The van der Waals surface area contributed by atoms with Crippen molar-refractivity contribution in [2.45, 2.75) is 25.9 Å². The van der Waals surface area contributed by atoms with Gasteiger partial charge in [-0.15, -0.1) is 0 Å². The molecule has 24 heavy (non-hydrogen) atoms. The largest absolute Gasteiger partial charge is 0.345 e. The van der Waals surface area contributed by atoms with Crippen molar-refractivity contribution in [3.63, 3.8) is 0 Å². The summed E-state index contributed by atoms with van der Waals surface area (Å²) in [6, 6.07) is 18.9. The van der Waals surface area contributed by atoms with Gasteiger partial charge in [-0.1, -0.05) is 54.1 Å². The first-order valence-corrected chi connectivity index (χ1v) is 8.90. The number of aromatic nitrogens is 1. The molecule has 3 heteroatoms. The van der Waals surface area contributed by atoms with E-state index in [0.717, 1.165) is 31.1 Å². The molecular formula is C21H21ClN2. The highest BCUT2D eigenvalue weighted by Gasteiger charge is 2.19. The van der Waals surface area contributed by atoms with Crippen LogP contribution in [0.1, 0.15) is 23.2 Å². The standard InChI is InChI=1S/C21H21ClN2/c22-18-9-4-8-17(12-18)20-15-24(14-16-6-2-1-3-7-16)21-13-23-11-5-10-19(20)21/h1-4,6-9,12,15,23H,5,10-11,13-14H2. The van der Waals surface area contributed by atoms with E-state index in [2.05, 4.69) is 58.5 Å². The van der Waals surface area contributed by atoms with Crippen molar-refractivity contribution in [2.24, 2.45) is 0 Å². The molecule has 2 nitrogen and oxygen atoms in total. The molecule has 0 atom stereocenters. The van der Waals surface area contributed by atoms with Crippen LogP contribution in [-0.2, 0) is 19.5 Å². The first-order valence-electron chi connectivity index (χ1n) is 8.53. The fraction of sp³-hybridized carbons (Fsp3) is 0.238. The van der Waals surface area contributed by atoms with E-state index in [1.807, 2.05) is 12.1 Å². The zero-order valence-electron chi connectivity index (χ0n) is 13.6. The van der Waals surface area contributed by atoms with Gasteiger partial charge in [0.05, 0.1) is 0 Å². The molecule has 0 amide bonds. The number of nitrogens with zero attached hydrogens (tertiary/aromatic N) is 1. The summed E-state index contributed by atoms with van der Waals surface area (Å²) in [5.41, 5.74) is 6.75. The topological polar surface area (TPSA) is 17.0 Å². The minimum atomic E-state index is 0.795. The van der Waals surface area contributed by atoms with Crippen molar-refractivity contribution in [1.29, 1.82) is 0 Å². The maximum atomic E-state index is 6.23. The van der Waals surface area contributed by atoms with Gasteiger partial charge in [-0.2, -0.15) is 0 Å². The zero-order valence-corrected chi connectivity index (χ0v) is 14.4. The summed E-state index contributed by atoms with van der Waals surface area (Å²) >= 11 is 6.23. The molecule has 0 saturated heterocycles. The van der Waals surface area contributed by atoms with Crippen LogP contribution >= 0.6 is 11.6 Å². The van der Waals surface area contributed by atoms with Gasteiger partial charge in [0.2, 0.25) is 0 Å². The Hall–Kier alpha value is -2.03. The molecular weight excluding hydrogens is 316 g/mol. The smallest absolute Gasteiger partial charge is 0.0473 e. The van der Waals surface area contributed by atoms with Crippen LogP contribution in [0, 0.1) is 0 Å². The average Bonchev–Trinajstić information content (AvgIpc) is 2.78. The van der Waals surface area contributed by atoms with Crippen molar-refractivity contribution < 1.29 is 0 Å². The summed E-state index contributed by atoms with van der Waals surface area (Å²) in [6.45, 7) is 2.92. The number of hydrogen-bond acceptors (Lipinski definition) is 1. The minimum Gasteiger partial charge on any atom is -0.345 e. The monoisotopic (exact) mass is 336 g/mol. The second kappa shape index (κ2) is 6.84. The number of benzene rings is 2. The predicted octanol–water partition coefficient (Wildman–Crippen LogP) is 4.89. The highest BCUT2D eigenvalue weighted by molar-refractivity contribution is 6.30. The summed E-state index contributed by atoms with van der Waals surface area (Å²) in [5.74, 6) is 0. The van der Waals surface area contributed by atoms with Gasteiger partial charge in [0.25, 0.3) is 0 Å². The summed E-state index contributed by atoms with van der Waals surface area (Å²) in [4.78, 5) is 0. The van der Waals surface area contributed by atoms with Gasteiger partial charge in [-0.05, 0) is 48.2 Å². The first kappa shape index (κ1) is 15.5. The fourth-order valence-electron chi connectivity index (χ4n) is 3.55. The molecule has 1 aliphatic rings. The third-order valence-electron chi connectivity index (χ3n) is 4.71. The molecule has 1 aromatic heterocycles. The molecule has 4 rings (SSSR count). The number of hydrogen-bond donors (Lipinski definition) is 1. The Bertz CT molecular complexity index is 836. The molecule has 0 spiro atoms. The Morgan fingerprint density at radius 3 is 2.75 bits per heavy atom. The fourth-order valence-corrected chi connectivity index (χ4v) is 3.74. The quantitative estimate of drug-likeness (QED) is 0.720. The highest BCUT2D eigenvalue weighted by atomic mass is 35.5. The van der Waals surface area contributed by atoms with Crippen LogP contribution in [0.15, 0.2) is 60.8 Å². The van der Waals surface area contributed by atoms with Gasteiger partial charge in [0.1, 0.15) is 0 Å². The Balaban J connectivity index is 1.80. The molecule has 2 aromatic carbocycles. The van der Waals surface area contributed by atoms with E-state index in [1.54, 1.807) is 0 Å². The molecule has 2 heterocycles. The number of fused-ring (bicyclic) bond motifs is 1. The molecule has 0 unspecified atom stereocenters. The molecule has 1 N–H and O–H groups in total. The summed E-state index contributed by atoms with van der Waals surface area (Å²) in [7, 11) is 0. The van der Waals surface area contributed by atoms with Crippen LogP contribution in [0.4, 0.5) is 0 Å². The lowest BCUT2D eigenvalue weighted by Gasteiger charge is -2.10. The van der Waals surface area contributed by atoms with Gasteiger partial charge in [0.15, 0.2) is 0 Å². The lowest BCUT2D eigenvalue weighted by atomic mass is 10.00. The maximum Gasteiger partial charge on any atom is 0.0473 e. The van der Waals surface area contributed by atoms with Gasteiger partial charge in [-0.25, -0.2) is 0 Å². The first-order chi connectivity index (χ1) is 11.8. The van der Waals surface area contributed by atoms with E-state index >= 15 is 0 Å². The summed E-state index contributed by atoms with van der Waals surface area (Å²) in [5, 5.41) is 4.35. The second-order valence-corrected chi connectivity index (χ2v) is 6.81. The Kier molecular flexibility index (Phi) is 4.42. The highest BCUT2D eigenvalue weighted by Crippen LogP contribution is 2.32. The van der Waals surface area contributed by atoms with Crippen LogP contribution < -0.4 is 5.32 Å². The Morgan fingerprint density at radius 2 is 1.92 bits per heavy atom. The van der Waals surface area contributed by atoms with Crippen LogP contribution in [0.25, 0.3) is 11.1 Å². The van der Waals surface area contributed by atoms with Gasteiger partial charge >= 0.3 is 0 Å². The van der Waals surface area contributed by atoms with Crippen molar-refractivity contribution in [3.05, 3.63) is 82.6 Å². The van der Waals surface area contributed by atoms with Crippen LogP contribution in [0.2, 0.25) is 5.02 Å². The molecule has 0 saturated carbocycles. The molecule has 0 bridgehead atoms. The molecule has 0 aliphatic carbocycles. The SMILES string of the molecule is Clc1cccc(-c2cn(Cc3ccccc3)c3c2CCCNC3)c1. The predicted molar refractivity (Wildman–Crippen MR) is 100 cm³/mol. The lowest BCUT2D eigenvalue weighted by molar-refractivity contribution is 0.643. The maximum absolute atomic E-state index is 6.23. The number of halogens is 1.